The summed E-state index contributed by atoms with van der Waals surface area (Å²) in [6, 6.07) is 10.1. The van der Waals surface area contributed by atoms with Crippen molar-refractivity contribution in [2.24, 2.45) is 0 Å². The molecule has 3 aromatic rings. The molecular formula is C15H11FN2O2. The Hall–Kier alpha value is -2.82. The van der Waals surface area contributed by atoms with Crippen LogP contribution in [0.5, 0.6) is 0 Å². The molecule has 1 heterocycles. The third-order valence-electron chi connectivity index (χ3n) is 3.01. The fraction of sp³-hybridized carbons (Fsp3) is 0. The smallest absolute Gasteiger partial charge is 0.193 e. The van der Waals surface area contributed by atoms with E-state index >= 15 is 0 Å². The summed E-state index contributed by atoms with van der Waals surface area (Å²) in [5, 5.41) is 0.327. The molecule has 4 N–H and O–H groups in total. The molecule has 0 aliphatic heterocycles. The van der Waals surface area contributed by atoms with E-state index in [0.29, 0.717) is 28.1 Å². The van der Waals surface area contributed by atoms with Gasteiger partial charge in [0.1, 0.15) is 11.6 Å². The fourth-order valence-corrected chi connectivity index (χ4v) is 2.06. The Labute approximate surface area is 113 Å². The SMILES string of the molecule is Nc1cc(N)c2oc(-c3ccc(F)cc3)cc(=O)c2c1. The Balaban J connectivity index is 2.29. The second-order valence-electron chi connectivity index (χ2n) is 4.47. The minimum Gasteiger partial charge on any atom is -0.454 e. The average molecular weight is 270 g/mol. The summed E-state index contributed by atoms with van der Waals surface area (Å²) in [5.41, 5.74) is 12.8. The Morgan fingerprint density at radius 2 is 1.70 bits per heavy atom. The zero-order chi connectivity index (χ0) is 14.3. The van der Waals surface area contributed by atoms with Gasteiger partial charge in [-0.3, -0.25) is 4.79 Å². The first-order chi connectivity index (χ1) is 9.54. The number of nitrogens with two attached hydrogens (primary N) is 2. The molecule has 0 saturated carbocycles. The molecule has 0 spiro atoms. The van der Waals surface area contributed by atoms with Gasteiger partial charge < -0.3 is 15.9 Å². The van der Waals surface area contributed by atoms with Crippen molar-refractivity contribution >= 4 is 22.3 Å². The van der Waals surface area contributed by atoms with E-state index in [1.807, 2.05) is 0 Å². The number of hydrogen-bond acceptors (Lipinski definition) is 4. The van der Waals surface area contributed by atoms with Gasteiger partial charge in [0, 0.05) is 17.3 Å². The van der Waals surface area contributed by atoms with Crippen LogP contribution in [0.1, 0.15) is 0 Å². The maximum absolute atomic E-state index is 12.9. The molecule has 5 heteroatoms. The number of anilines is 2. The topological polar surface area (TPSA) is 82.2 Å². The molecule has 20 heavy (non-hydrogen) atoms. The van der Waals surface area contributed by atoms with Crippen molar-refractivity contribution in [3.05, 3.63) is 58.5 Å². The van der Waals surface area contributed by atoms with Crippen molar-refractivity contribution in [1.82, 2.24) is 0 Å². The maximum Gasteiger partial charge on any atom is 0.193 e. The fourth-order valence-electron chi connectivity index (χ4n) is 2.06. The zero-order valence-corrected chi connectivity index (χ0v) is 10.4. The lowest BCUT2D eigenvalue weighted by atomic mass is 10.1. The highest BCUT2D eigenvalue weighted by Crippen LogP contribution is 2.27. The van der Waals surface area contributed by atoms with Crippen molar-refractivity contribution in [3.63, 3.8) is 0 Å². The Morgan fingerprint density at radius 1 is 1.00 bits per heavy atom. The normalized spacial score (nSPS) is 10.8. The van der Waals surface area contributed by atoms with Crippen LogP contribution in [0.15, 0.2) is 51.7 Å². The lowest BCUT2D eigenvalue weighted by Crippen LogP contribution is -2.03. The van der Waals surface area contributed by atoms with Crippen LogP contribution in [0, 0.1) is 5.82 Å². The standard InChI is InChI=1S/C15H11FN2O2/c16-9-3-1-8(2-4-9)14-7-13(19)11-5-10(17)6-12(18)15(11)20-14/h1-7H,17-18H2. The lowest BCUT2D eigenvalue weighted by molar-refractivity contribution is 0.616. The Bertz CT molecular complexity index is 854. The summed E-state index contributed by atoms with van der Waals surface area (Å²) in [4.78, 5) is 12.1. The van der Waals surface area contributed by atoms with Crippen molar-refractivity contribution in [2.45, 2.75) is 0 Å². The van der Waals surface area contributed by atoms with E-state index in [9.17, 15) is 9.18 Å². The van der Waals surface area contributed by atoms with Gasteiger partial charge in [-0.25, -0.2) is 4.39 Å². The van der Waals surface area contributed by atoms with E-state index in [1.165, 1.54) is 42.5 Å². The monoisotopic (exact) mass is 270 g/mol. The van der Waals surface area contributed by atoms with E-state index in [4.69, 9.17) is 15.9 Å². The molecule has 0 radical (unpaired) electrons. The van der Waals surface area contributed by atoms with Crippen LogP contribution >= 0.6 is 0 Å². The van der Waals surface area contributed by atoms with Gasteiger partial charge in [-0.15, -0.1) is 0 Å². The number of hydrogen-bond donors (Lipinski definition) is 2. The van der Waals surface area contributed by atoms with Gasteiger partial charge in [0.05, 0.1) is 11.1 Å². The summed E-state index contributed by atoms with van der Waals surface area (Å²) >= 11 is 0. The van der Waals surface area contributed by atoms with Crippen molar-refractivity contribution < 1.29 is 8.81 Å². The first-order valence-electron chi connectivity index (χ1n) is 5.93. The van der Waals surface area contributed by atoms with Crippen LogP contribution in [-0.2, 0) is 0 Å². The van der Waals surface area contributed by atoms with Crippen LogP contribution < -0.4 is 16.9 Å². The summed E-state index contributed by atoms with van der Waals surface area (Å²) in [6.45, 7) is 0. The summed E-state index contributed by atoms with van der Waals surface area (Å²) in [7, 11) is 0. The van der Waals surface area contributed by atoms with Crippen LogP contribution in [0.25, 0.3) is 22.3 Å². The number of rotatable bonds is 1. The largest absolute Gasteiger partial charge is 0.454 e. The summed E-state index contributed by atoms with van der Waals surface area (Å²) in [6.07, 6.45) is 0. The molecule has 0 fully saturated rings. The van der Waals surface area contributed by atoms with Gasteiger partial charge in [-0.1, -0.05) is 0 Å². The molecule has 1 aromatic heterocycles. The Morgan fingerprint density at radius 3 is 2.40 bits per heavy atom. The van der Waals surface area contributed by atoms with E-state index in [2.05, 4.69) is 0 Å². The van der Waals surface area contributed by atoms with Gasteiger partial charge in [0.15, 0.2) is 11.0 Å². The van der Waals surface area contributed by atoms with Crippen molar-refractivity contribution in [3.8, 4) is 11.3 Å². The second kappa shape index (κ2) is 4.38. The third kappa shape index (κ3) is 1.99. The predicted octanol–water partition coefficient (Wildman–Crippen LogP) is 2.76. The molecule has 100 valence electrons. The molecule has 0 atom stereocenters. The molecule has 0 bridgehead atoms. The quantitative estimate of drug-likeness (QED) is 0.666. The molecule has 0 saturated heterocycles. The molecule has 3 rings (SSSR count). The highest BCUT2D eigenvalue weighted by molar-refractivity contribution is 5.91. The average Bonchev–Trinajstić information content (AvgIpc) is 2.40. The first-order valence-corrected chi connectivity index (χ1v) is 5.93. The van der Waals surface area contributed by atoms with E-state index in [-0.39, 0.29) is 16.8 Å². The van der Waals surface area contributed by atoms with Gasteiger partial charge in [-0.2, -0.15) is 0 Å². The molecule has 0 amide bonds. The molecule has 0 aliphatic rings. The van der Waals surface area contributed by atoms with Crippen LogP contribution in [0.2, 0.25) is 0 Å². The highest BCUT2D eigenvalue weighted by Gasteiger charge is 2.10. The van der Waals surface area contributed by atoms with E-state index < -0.39 is 0 Å². The molecule has 0 unspecified atom stereocenters. The van der Waals surface area contributed by atoms with E-state index in [0.717, 1.165) is 0 Å². The minimum absolute atomic E-state index is 0.246. The summed E-state index contributed by atoms with van der Waals surface area (Å²) < 4.78 is 18.6. The number of fused-ring (bicyclic) bond motifs is 1. The van der Waals surface area contributed by atoms with Gasteiger partial charge >= 0.3 is 0 Å². The molecule has 0 aliphatic carbocycles. The van der Waals surface area contributed by atoms with Crippen molar-refractivity contribution in [1.29, 1.82) is 0 Å². The van der Waals surface area contributed by atoms with Gasteiger partial charge in [0.25, 0.3) is 0 Å². The van der Waals surface area contributed by atoms with Gasteiger partial charge in [0.2, 0.25) is 0 Å². The minimum atomic E-state index is -0.357. The lowest BCUT2D eigenvalue weighted by Gasteiger charge is -2.06. The number of nitrogen functional groups attached to an aromatic ring is 2. The second-order valence-corrected chi connectivity index (χ2v) is 4.47. The predicted molar refractivity (Wildman–Crippen MR) is 76.7 cm³/mol. The Kier molecular flexibility index (Phi) is 2.68. The summed E-state index contributed by atoms with van der Waals surface area (Å²) in [5.74, 6) is -0.0249. The van der Waals surface area contributed by atoms with Crippen molar-refractivity contribution in [2.75, 3.05) is 11.5 Å². The zero-order valence-electron chi connectivity index (χ0n) is 10.4. The third-order valence-corrected chi connectivity index (χ3v) is 3.01. The van der Waals surface area contributed by atoms with Crippen LogP contribution in [0.3, 0.4) is 0 Å². The number of halogens is 1. The highest BCUT2D eigenvalue weighted by atomic mass is 19.1. The maximum atomic E-state index is 12.9. The number of benzene rings is 2. The van der Waals surface area contributed by atoms with E-state index in [1.54, 1.807) is 0 Å². The van der Waals surface area contributed by atoms with Crippen LogP contribution in [-0.4, -0.2) is 0 Å². The first kappa shape index (κ1) is 12.2. The molecular weight excluding hydrogens is 259 g/mol. The van der Waals surface area contributed by atoms with Crippen LogP contribution in [0.4, 0.5) is 15.8 Å². The van der Waals surface area contributed by atoms with Gasteiger partial charge in [-0.05, 0) is 36.4 Å². The molecule has 2 aromatic carbocycles. The molecule has 4 nitrogen and oxygen atoms in total.